The molecule has 1 aliphatic rings. The van der Waals surface area contributed by atoms with Crippen LogP contribution in [0.1, 0.15) is 40.0 Å². The first-order chi connectivity index (χ1) is 11.9. The summed E-state index contributed by atoms with van der Waals surface area (Å²) in [5.74, 6) is 0.488. The molecule has 0 heterocycles. The predicted octanol–water partition coefficient (Wildman–Crippen LogP) is 3.69. The summed E-state index contributed by atoms with van der Waals surface area (Å²) in [6, 6.07) is 22.0. The zero-order chi connectivity index (χ0) is 17.9. The molecule has 1 saturated carbocycles. The van der Waals surface area contributed by atoms with Crippen molar-refractivity contribution in [2.75, 3.05) is 6.61 Å². The van der Waals surface area contributed by atoms with E-state index in [1.165, 1.54) is 23.2 Å². The molecule has 0 aliphatic heterocycles. The van der Waals surface area contributed by atoms with Gasteiger partial charge >= 0.3 is 0 Å². The van der Waals surface area contributed by atoms with Gasteiger partial charge in [-0.25, -0.2) is 0 Å². The molecule has 3 rings (SSSR count). The van der Waals surface area contributed by atoms with E-state index in [1.807, 2.05) is 0 Å². The normalized spacial score (nSPS) is 21.4. The van der Waals surface area contributed by atoms with Gasteiger partial charge in [-0.05, 0) is 34.2 Å². The van der Waals surface area contributed by atoms with Gasteiger partial charge in [0.2, 0.25) is 0 Å². The quantitative estimate of drug-likeness (QED) is 0.832. The smallest absolute Gasteiger partial charge is 0.261 e. The summed E-state index contributed by atoms with van der Waals surface area (Å²) < 4.78 is 6.98. The molecule has 0 spiro atoms. The average molecular weight is 354 g/mol. The first-order valence-corrected chi connectivity index (χ1v) is 11.4. The summed E-state index contributed by atoms with van der Waals surface area (Å²) in [4.78, 5) is 0. The highest BCUT2D eigenvalue weighted by molar-refractivity contribution is 6.99. The van der Waals surface area contributed by atoms with Crippen LogP contribution in [0.4, 0.5) is 0 Å². The standard InChI is InChI=1S/C22H31NOSi/c1-22(2,3)25(19-12-6-4-7-13-19,20-14-8-5-9-15-20)24-17-18-11-10-16-21(18)23/h4-9,12-15,18,21H,10-11,16-17,23H2,1-3H3/t18-,21-/m1/s1. The minimum absolute atomic E-state index is 0.0401. The van der Waals surface area contributed by atoms with Crippen molar-refractivity contribution in [2.24, 2.45) is 11.7 Å². The van der Waals surface area contributed by atoms with Crippen LogP contribution in [0.3, 0.4) is 0 Å². The van der Waals surface area contributed by atoms with Crippen LogP contribution < -0.4 is 16.1 Å². The molecule has 25 heavy (non-hydrogen) atoms. The second kappa shape index (κ2) is 7.44. The number of nitrogens with two attached hydrogens (primary N) is 1. The van der Waals surface area contributed by atoms with Gasteiger partial charge in [0.1, 0.15) is 0 Å². The Labute approximate surface area is 153 Å². The summed E-state index contributed by atoms with van der Waals surface area (Å²) in [6.45, 7) is 7.75. The van der Waals surface area contributed by atoms with Gasteiger partial charge in [0.05, 0.1) is 0 Å². The lowest BCUT2D eigenvalue weighted by atomic mass is 10.1. The molecule has 2 atom stereocenters. The second-order valence-electron chi connectivity index (χ2n) is 8.33. The summed E-state index contributed by atoms with van der Waals surface area (Å²) in [5.41, 5.74) is 6.33. The van der Waals surface area contributed by atoms with E-state index >= 15 is 0 Å². The molecule has 2 nitrogen and oxygen atoms in total. The van der Waals surface area contributed by atoms with Crippen molar-refractivity contribution in [3.8, 4) is 0 Å². The Morgan fingerprint density at radius 1 is 0.920 bits per heavy atom. The number of rotatable bonds is 5. The molecule has 2 N–H and O–H groups in total. The monoisotopic (exact) mass is 353 g/mol. The van der Waals surface area contributed by atoms with E-state index in [0.717, 1.165) is 13.0 Å². The molecule has 0 radical (unpaired) electrons. The fourth-order valence-electron chi connectivity index (χ4n) is 4.27. The van der Waals surface area contributed by atoms with Crippen LogP contribution in [0.2, 0.25) is 5.04 Å². The van der Waals surface area contributed by atoms with Gasteiger partial charge in [0, 0.05) is 12.6 Å². The van der Waals surface area contributed by atoms with Gasteiger partial charge in [-0.2, -0.15) is 0 Å². The maximum absolute atomic E-state index is 6.98. The summed E-state index contributed by atoms with van der Waals surface area (Å²) in [5, 5.41) is 2.74. The van der Waals surface area contributed by atoms with Gasteiger partial charge < -0.3 is 10.2 Å². The first-order valence-electron chi connectivity index (χ1n) is 9.46. The zero-order valence-corrected chi connectivity index (χ0v) is 16.7. The van der Waals surface area contributed by atoms with Crippen molar-refractivity contribution in [2.45, 2.75) is 51.1 Å². The third kappa shape index (κ3) is 3.59. The Balaban J connectivity index is 2.05. The third-order valence-corrected chi connectivity index (χ3v) is 10.7. The summed E-state index contributed by atoms with van der Waals surface area (Å²) >= 11 is 0. The van der Waals surface area contributed by atoms with Crippen LogP contribution in [0.25, 0.3) is 0 Å². The number of hydrogen-bond acceptors (Lipinski definition) is 2. The second-order valence-corrected chi connectivity index (χ2v) is 12.6. The molecule has 1 aliphatic carbocycles. The average Bonchev–Trinajstić information content (AvgIpc) is 3.01. The zero-order valence-electron chi connectivity index (χ0n) is 15.7. The molecule has 0 amide bonds. The topological polar surface area (TPSA) is 35.2 Å². The number of benzene rings is 2. The van der Waals surface area contributed by atoms with Gasteiger partial charge in [0.15, 0.2) is 0 Å². The molecular formula is C22H31NOSi. The van der Waals surface area contributed by atoms with E-state index in [4.69, 9.17) is 10.2 Å². The van der Waals surface area contributed by atoms with Crippen LogP contribution >= 0.6 is 0 Å². The van der Waals surface area contributed by atoms with E-state index in [9.17, 15) is 0 Å². The Morgan fingerprint density at radius 2 is 1.44 bits per heavy atom. The number of hydrogen-bond donors (Lipinski definition) is 1. The summed E-state index contributed by atoms with van der Waals surface area (Å²) in [6.07, 6.45) is 3.56. The van der Waals surface area contributed by atoms with Crippen LogP contribution in [-0.4, -0.2) is 21.0 Å². The Kier molecular flexibility index (Phi) is 5.47. The van der Waals surface area contributed by atoms with E-state index in [1.54, 1.807) is 0 Å². The van der Waals surface area contributed by atoms with Crippen molar-refractivity contribution >= 4 is 18.7 Å². The van der Waals surface area contributed by atoms with Crippen molar-refractivity contribution in [1.82, 2.24) is 0 Å². The van der Waals surface area contributed by atoms with E-state index < -0.39 is 8.32 Å². The van der Waals surface area contributed by atoms with Gasteiger partial charge in [-0.15, -0.1) is 0 Å². The highest BCUT2D eigenvalue weighted by atomic mass is 28.4. The third-order valence-electron chi connectivity index (χ3n) is 5.65. The molecule has 2 aromatic rings. The minimum atomic E-state index is -2.40. The van der Waals surface area contributed by atoms with Gasteiger partial charge in [0.25, 0.3) is 8.32 Å². The van der Waals surface area contributed by atoms with Crippen LogP contribution in [0.5, 0.6) is 0 Å². The molecule has 3 heteroatoms. The molecule has 0 saturated heterocycles. The minimum Gasteiger partial charge on any atom is -0.407 e. The lowest BCUT2D eigenvalue weighted by Crippen LogP contribution is -2.67. The highest BCUT2D eigenvalue weighted by Crippen LogP contribution is 2.37. The van der Waals surface area contributed by atoms with Gasteiger partial charge in [-0.1, -0.05) is 87.9 Å². The van der Waals surface area contributed by atoms with Crippen LogP contribution in [0, 0.1) is 5.92 Å². The fraction of sp³-hybridized carbons (Fsp3) is 0.455. The Bertz CT molecular complexity index is 626. The SMILES string of the molecule is CC(C)(C)[Si](OC[C@H]1CCC[C@H]1N)(c1ccccc1)c1ccccc1. The molecular weight excluding hydrogens is 322 g/mol. The first kappa shape index (κ1) is 18.4. The molecule has 134 valence electrons. The highest BCUT2D eigenvalue weighted by Gasteiger charge is 2.50. The van der Waals surface area contributed by atoms with Crippen LogP contribution in [-0.2, 0) is 4.43 Å². The predicted molar refractivity (Wildman–Crippen MR) is 109 cm³/mol. The van der Waals surface area contributed by atoms with E-state index in [2.05, 4.69) is 81.4 Å². The maximum atomic E-state index is 6.98. The van der Waals surface area contributed by atoms with Crippen molar-refractivity contribution in [1.29, 1.82) is 0 Å². The Hall–Kier alpha value is -1.42. The maximum Gasteiger partial charge on any atom is 0.261 e. The largest absolute Gasteiger partial charge is 0.407 e. The lowest BCUT2D eigenvalue weighted by Gasteiger charge is -2.43. The Morgan fingerprint density at radius 3 is 1.84 bits per heavy atom. The summed E-state index contributed by atoms with van der Waals surface area (Å²) in [7, 11) is -2.40. The van der Waals surface area contributed by atoms with Gasteiger partial charge in [-0.3, -0.25) is 0 Å². The molecule has 1 fully saturated rings. The van der Waals surface area contributed by atoms with Crippen molar-refractivity contribution in [3.63, 3.8) is 0 Å². The van der Waals surface area contributed by atoms with Crippen LogP contribution in [0.15, 0.2) is 60.7 Å². The molecule has 0 unspecified atom stereocenters. The van der Waals surface area contributed by atoms with E-state index in [-0.39, 0.29) is 5.04 Å². The van der Waals surface area contributed by atoms with Crippen molar-refractivity contribution < 1.29 is 4.43 Å². The van der Waals surface area contributed by atoms with Crippen molar-refractivity contribution in [3.05, 3.63) is 60.7 Å². The fourth-order valence-corrected chi connectivity index (χ4v) is 8.89. The van der Waals surface area contributed by atoms with E-state index in [0.29, 0.717) is 12.0 Å². The molecule has 0 bridgehead atoms. The molecule has 2 aromatic carbocycles. The molecule has 0 aromatic heterocycles. The lowest BCUT2D eigenvalue weighted by molar-refractivity contribution is 0.226.